The molecule has 0 radical (unpaired) electrons. The minimum atomic E-state index is 0.155. The molecule has 1 aliphatic rings. The highest BCUT2D eigenvalue weighted by molar-refractivity contribution is 6.01. The monoisotopic (exact) mass is 227 g/mol. The highest BCUT2D eigenvalue weighted by Gasteiger charge is 2.24. The molecule has 0 aliphatic carbocycles. The molecule has 1 aromatic heterocycles. The number of carbonyl (C=O) groups is 1. The van der Waals surface area contributed by atoms with Crippen LogP contribution in [-0.4, -0.2) is 22.7 Å². The standard InChI is InChI=1S/C13H13N3O/c1-15-11-4-3-9(7-10(11)8-13(15)17)12-5-6-14-16(12)2/h3-7H,8H2,1-2H3. The average molecular weight is 227 g/mol. The zero-order valence-corrected chi connectivity index (χ0v) is 9.84. The maximum atomic E-state index is 11.6. The van der Waals surface area contributed by atoms with Crippen molar-refractivity contribution >= 4 is 11.6 Å². The van der Waals surface area contributed by atoms with Gasteiger partial charge in [-0.05, 0) is 23.8 Å². The van der Waals surface area contributed by atoms with Crippen LogP contribution in [0.15, 0.2) is 30.5 Å². The van der Waals surface area contributed by atoms with E-state index >= 15 is 0 Å². The first kappa shape index (κ1) is 10.1. The first-order valence-electron chi connectivity index (χ1n) is 5.54. The van der Waals surface area contributed by atoms with E-state index in [1.54, 1.807) is 11.1 Å². The van der Waals surface area contributed by atoms with Gasteiger partial charge in [-0.2, -0.15) is 5.10 Å². The summed E-state index contributed by atoms with van der Waals surface area (Å²) in [7, 11) is 3.73. The number of nitrogens with zero attached hydrogens (tertiary/aromatic N) is 3. The van der Waals surface area contributed by atoms with E-state index in [9.17, 15) is 4.79 Å². The fourth-order valence-electron chi connectivity index (χ4n) is 2.29. The summed E-state index contributed by atoms with van der Waals surface area (Å²) in [4.78, 5) is 13.3. The first-order valence-corrected chi connectivity index (χ1v) is 5.54. The van der Waals surface area contributed by atoms with Gasteiger partial charge in [-0.1, -0.05) is 6.07 Å². The molecule has 4 heteroatoms. The van der Waals surface area contributed by atoms with Crippen molar-refractivity contribution in [2.75, 3.05) is 11.9 Å². The van der Waals surface area contributed by atoms with Gasteiger partial charge in [-0.15, -0.1) is 0 Å². The molecule has 0 saturated heterocycles. The number of hydrogen-bond donors (Lipinski definition) is 0. The fourth-order valence-corrected chi connectivity index (χ4v) is 2.29. The highest BCUT2D eigenvalue weighted by Crippen LogP contribution is 2.31. The molecule has 0 bridgehead atoms. The van der Waals surface area contributed by atoms with Crippen LogP contribution in [-0.2, 0) is 18.3 Å². The number of aromatic nitrogens is 2. The summed E-state index contributed by atoms with van der Waals surface area (Å²) in [6, 6.07) is 8.09. The lowest BCUT2D eigenvalue weighted by atomic mass is 10.1. The summed E-state index contributed by atoms with van der Waals surface area (Å²) in [5.74, 6) is 0.155. The lowest BCUT2D eigenvalue weighted by Gasteiger charge is -2.10. The van der Waals surface area contributed by atoms with Gasteiger partial charge in [0.15, 0.2) is 0 Å². The summed E-state index contributed by atoms with van der Waals surface area (Å²) < 4.78 is 1.84. The Morgan fingerprint density at radius 2 is 2.06 bits per heavy atom. The number of carbonyl (C=O) groups excluding carboxylic acids is 1. The minimum Gasteiger partial charge on any atom is -0.315 e. The van der Waals surface area contributed by atoms with Crippen LogP contribution in [0.5, 0.6) is 0 Å². The zero-order valence-electron chi connectivity index (χ0n) is 9.84. The number of hydrogen-bond acceptors (Lipinski definition) is 2. The number of rotatable bonds is 1. The van der Waals surface area contributed by atoms with E-state index in [0.29, 0.717) is 6.42 Å². The Labute approximate surface area is 99.5 Å². The van der Waals surface area contributed by atoms with Crippen molar-refractivity contribution in [2.24, 2.45) is 7.05 Å². The summed E-state index contributed by atoms with van der Waals surface area (Å²) in [5.41, 5.74) is 4.28. The van der Waals surface area contributed by atoms with Crippen LogP contribution in [0.3, 0.4) is 0 Å². The Hall–Kier alpha value is -2.10. The summed E-state index contributed by atoms with van der Waals surface area (Å²) >= 11 is 0. The third kappa shape index (κ3) is 1.45. The molecule has 1 aromatic carbocycles. The third-order valence-corrected chi connectivity index (χ3v) is 3.27. The van der Waals surface area contributed by atoms with Crippen molar-refractivity contribution < 1.29 is 4.79 Å². The predicted molar refractivity (Wildman–Crippen MR) is 65.8 cm³/mol. The zero-order chi connectivity index (χ0) is 12.0. The van der Waals surface area contributed by atoms with Crippen molar-refractivity contribution in [2.45, 2.75) is 6.42 Å². The molecule has 4 nitrogen and oxygen atoms in total. The lowest BCUT2D eigenvalue weighted by Crippen LogP contribution is -2.20. The molecule has 0 spiro atoms. The van der Waals surface area contributed by atoms with Crippen molar-refractivity contribution in [3.8, 4) is 11.3 Å². The van der Waals surface area contributed by atoms with Crippen LogP contribution >= 0.6 is 0 Å². The van der Waals surface area contributed by atoms with E-state index in [1.165, 1.54) is 0 Å². The smallest absolute Gasteiger partial charge is 0.231 e. The topological polar surface area (TPSA) is 38.1 Å². The van der Waals surface area contributed by atoms with Crippen LogP contribution in [0.2, 0.25) is 0 Å². The number of aryl methyl sites for hydroxylation is 1. The molecule has 0 saturated carbocycles. The number of amides is 1. The average Bonchev–Trinajstić information content (AvgIpc) is 2.84. The van der Waals surface area contributed by atoms with E-state index in [2.05, 4.69) is 11.2 Å². The Bertz CT molecular complexity index is 600. The maximum Gasteiger partial charge on any atom is 0.231 e. The lowest BCUT2D eigenvalue weighted by molar-refractivity contribution is -0.117. The van der Waals surface area contributed by atoms with Crippen molar-refractivity contribution in [1.29, 1.82) is 0 Å². The molecular formula is C13H13N3O. The van der Waals surface area contributed by atoms with Gasteiger partial charge in [0.1, 0.15) is 0 Å². The van der Waals surface area contributed by atoms with Crippen molar-refractivity contribution in [3.05, 3.63) is 36.0 Å². The second-order valence-corrected chi connectivity index (χ2v) is 4.31. The van der Waals surface area contributed by atoms with Gasteiger partial charge in [0.2, 0.25) is 5.91 Å². The molecule has 1 aliphatic heterocycles. The highest BCUT2D eigenvalue weighted by atomic mass is 16.2. The Morgan fingerprint density at radius 3 is 2.76 bits per heavy atom. The van der Waals surface area contributed by atoms with E-state index in [4.69, 9.17) is 0 Å². The number of likely N-dealkylation sites (N-methyl/N-ethyl adjacent to an activating group) is 1. The summed E-state index contributed by atoms with van der Waals surface area (Å²) in [5, 5.41) is 4.16. The quantitative estimate of drug-likeness (QED) is 0.742. The van der Waals surface area contributed by atoms with Gasteiger partial charge >= 0.3 is 0 Å². The summed E-state index contributed by atoms with van der Waals surface area (Å²) in [6.45, 7) is 0. The van der Waals surface area contributed by atoms with Crippen molar-refractivity contribution in [3.63, 3.8) is 0 Å². The van der Waals surface area contributed by atoms with Crippen LogP contribution in [0.4, 0.5) is 5.69 Å². The number of benzene rings is 1. The van der Waals surface area contributed by atoms with Gasteiger partial charge in [-0.25, -0.2) is 0 Å². The molecule has 0 fully saturated rings. The molecule has 0 atom stereocenters. The Kier molecular flexibility index (Phi) is 2.04. The van der Waals surface area contributed by atoms with Crippen LogP contribution in [0.25, 0.3) is 11.3 Å². The Balaban J connectivity index is 2.10. The molecule has 2 aromatic rings. The molecule has 17 heavy (non-hydrogen) atoms. The first-order chi connectivity index (χ1) is 8.16. The normalized spacial score (nSPS) is 14.2. The SMILES string of the molecule is CN1C(=O)Cc2cc(-c3ccnn3C)ccc21. The molecule has 1 amide bonds. The molecule has 3 rings (SSSR count). The maximum absolute atomic E-state index is 11.6. The summed E-state index contributed by atoms with van der Waals surface area (Å²) in [6.07, 6.45) is 2.28. The van der Waals surface area contributed by atoms with Gasteiger partial charge in [0, 0.05) is 31.5 Å². The van der Waals surface area contributed by atoms with Gasteiger partial charge in [-0.3, -0.25) is 9.48 Å². The molecule has 86 valence electrons. The van der Waals surface area contributed by atoms with Crippen LogP contribution in [0, 0.1) is 0 Å². The Morgan fingerprint density at radius 1 is 1.24 bits per heavy atom. The minimum absolute atomic E-state index is 0.155. The molecule has 0 unspecified atom stereocenters. The number of anilines is 1. The van der Waals surface area contributed by atoms with Gasteiger partial charge < -0.3 is 4.90 Å². The molecular weight excluding hydrogens is 214 g/mol. The molecule has 0 N–H and O–H groups in total. The van der Waals surface area contributed by atoms with E-state index in [1.807, 2.05) is 37.0 Å². The van der Waals surface area contributed by atoms with E-state index in [0.717, 1.165) is 22.5 Å². The van der Waals surface area contributed by atoms with Crippen LogP contribution < -0.4 is 4.90 Å². The van der Waals surface area contributed by atoms with E-state index in [-0.39, 0.29) is 5.91 Å². The largest absolute Gasteiger partial charge is 0.315 e. The fraction of sp³-hybridized carbons (Fsp3) is 0.231. The van der Waals surface area contributed by atoms with Crippen molar-refractivity contribution in [1.82, 2.24) is 9.78 Å². The second-order valence-electron chi connectivity index (χ2n) is 4.31. The predicted octanol–water partition coefficient (Wildman–Crippen LogP) is 1.61. The van der Waals surface area contributed by atoms with Crippen LogP contribution in [0.1, 0.15) is 5.56 Å². The second kappa shape index (κ2) is 3.45. The van der Waals surface area contributed by atoms with Gasteiger partial charge in [0.25, 0.3) is 0 Å². The third-order valence-electron chi connectivity index (χ3n) is 3.27. The van der Waals surface area contributed by atoms with Gasteiger partial charge in [0.05, 0.1) is 12.1 Å². The molecule has 2 heterocycles. The number of fused-ring (bicyclic) bond motifs is 1. The van der Waals surface area contributed by atoms with E-state index < -0.39 is 0 Å².